The SMILES string of the molecule is c1ccc2c(c1)CC(C1NCCc3ccccc31)S2. The van der Waals surface area contributed by atoms with Crippen molar-refractivity contribution in [3.05, 3.63) is 65.2 Å². The molecule has 0 fully saturated rings. The van der Waals surface area contributed by atoms with Crippen LogP contribution in [0.1, 0.15) is 22.7 Å². The highest BCUT2D eigenvalue weighted by Gasteiger charge is 2.32. The smallest absolute Gasteiger partial charge is 0.0450 e. The molecule has 1 nitrogen and oxygen atoms in total. The third-order valence-corrected chi connectivity index (χ3v) is 5.59. The number of thioether (sulfide) groups is 1. The van der Waals surface area contributed by atoms with Crippen LogP contribution in [0.3, 0.4) is 0 Å². The Labute approximate surface area is 118 Å². The average molecular weight is 267 g/mol. The number of hydrogen-bond acceptors (Lipinski definition) is 2. The van der Waals surface area contributed by atoms with Gasteiger partial charge in [0.2, 0.25) is 0 Å². The van der Waals surface area contributed by atoms with Crippen LogP contribution in [0.2, 0.25) is 0 Å². The molecule has 0 saturated carbocycles. The first-order chi connectivity index (χ1) is 9.42. The Hall–Kier alpha value is -1.25. The van der Waals surface area contributed by atoms with Crippen molar-refractivity contribution in [1.29, 1.82) is 0 Å². The third-order valence-electron chi connectivity index (χ3n) is 4.19. The molecule has 0 aromatic heterocycles. The van der Waals surface area contributed by atoms with Crippen LogP contribution in [0.25, 0.3) is 0 Å². The van der Waals surface area contributed by atoms with Crippen LogP contribution in [0.4, 0.5) is 0 Å². The minimum absolute atomic E-state index is 0.502. The van der Waals surface area contributed by atoms with Crippen LogP contribution in [0.5, 0.6) is 0 Å². The molecule has 96 valence electrons. The second-order valence-electron chi connectivity index (χ2n) is 5.35. The van der Waals surface area contributed by atoms with E-state index in [-0.39, 0.29) is 0 Å². The van der Waals surface area contributed by atoms with Gasteiger partial charge in [-0.15, -0.1) is 11.8 Å². The van der Waals surface area contributed by atoms with Crippen molar-refractivity contribution in [1.82, 2.24) is 5.32 Å². The molecule has 0 aliphatic carbocycles. The number of fused-ring (bicyclic) bond motifs is 2. The van der Waals surface area contributed by atoms with E-state index in [0.717, 1.165) is 13.0 Å². The largest absolute Gasteiger partial charge is 0.309 e. The van der Waals surface area contributed by atoms with E-state index in [1.807, 2.05) is 11.8 Å². The second-order valence-corrected chi connectivity index (χ2v) is 6.63. The Bertz CT molecular complexity index is 583. The van der Waals surface area contributed by atoms with Crippen molar-refractivity contribution < 1.29 is 0 Å². The van der Waals surface area contributed by atoms with Crippen molar-refractivity contribution in [3.63, 3.8) is 0 Å². The van der Waals surface area contributed by atoms with E-state index in [0.29, 0.717) is 11.3 Å². The van der Waals surface area contributed by atoms with Crippen LogP contribution in [-0.4, -0.2) is 11.8 Å². The Kier molecular flexibility index (Phi) is 2.86. The third kappa shape index (κ3) is 1.99. The van der Waals surface area contributed by atoms with E-state index < -0.39 is 0 Å². The summed E-state index contributed by atoms with van der Waals surface area (Å²) in [5, 5.41) is 4.37. The van der Waals surface area contributed by atoms with Gasteiger partial charge in [-0.25, -0.2) is 0 Å². The van der Waals surface area contributed by atoms with Gasteiger partial charge >= 0.3 is 0 Å². The summed E-state index contributed by atoms with van der Waals surface area (Å²) in [5.41, 5.74) is 4.56. The molecule has 0 saturated heterocycles. The first-order valence-electron chi connectivity index (χ1n) is 6.97. The highest BCUT2D eigenvalue weighted by molar-refractivity contribution is 8.00. The van der Waals surface area contributed by atoms with Crippen molar-refractivity contribution in [2.24, 2.45) is 0 Å². The summed E-state index contributed by atoms with van der Waals surface area (Å²) >= 11 is 2.04. The predicted octanol–water partition coefficient (Wildman–Crippen LogP) is 3.59. The minimum Gasteiger partial charge on any atom is -0.309 e. The van der Waals surface area contributed by atoms with Crippen LogP contribution < -0.4 is 5.32 Å². The quantitative estimate of drug-likeness (QED) is 0.847. The summed E-state index contributed by atoms with van der Waals surface area (Å²) < 4.78 is 0. The maximum atomic E-state index is 3.73. The zero-order valence-electron chi connectivity index (χ0n) is 10.8. The summed E-state index contributed by atoms with van der Waals surface area (Å²) in [6.07, 6.45) is 2.35. The number of nitrogens with one attached hydrogen (secondary N) is 1. The maximum absolute atomic E-state index is 3.73. The van der Waals surface area contributed by atoms with Gasteiger partial charge in [0.1, 0.15) is 0 Å². The Morgan fingerprint density at radius 2 is 1.74 bits per heavy atom. The molecule has 2 aromatic carbocycles. The van der Waals surface area contributed by atoms with E-state index in [4.69, 9.17) is 0 Å². The summed E-state index contributed by atoms with van der Waals surface area (Å²) in [5.74, 6) is 0. The van der Waals surface area contributed by atoms with Gasteiger partial charge < -0.3 is 5.32 Å². The maximum Gasteiger partial charge on any atom is 0.0450 e. The van der Waals surface area contributed by atoms with E-state index in [1.165, 1.54) is 28.0 Å². The molecule has 2 heteroatoms. The molecule has 0 spiro atoms. The van der Waals surface area contributed by atoms with Crippen molar-refractivity contribution in [2.45, 2.75) is 29.0 Å². The predicted molar refractivity (Wildman–Crippen MR) is 80.7 cm³/mol. The summed E-state index contributed by atoms with van der Waals surface area (Å²) in [7, 11) is 0. The number of rotatable bonds is 1. The highest BCUT2D eigenvalue weighted by atomic mass is 32.2. The first kappa shape index (κ1) is 11.6. The number of hydrogen-bond donors (Lipinski definition) is 1. The van der Waals surface area contributed by atoms with E-state index in [2.05, 4.69) is 53.8 Å². The zero-order chi connectivity index (χ0) is 12.7. The van der Waals surface area contributed by atoms with Gasteiger partial charge in [0, 0.05) is 16.2 Å². The van der Waals surface area contributed by atoms with Crippen molar-refractivity contribution in [2.75, 3.05) is 6.54 Å². The molecule has 19 heavy (non-hydrogen) atoms. The molecule has 2 aliphatic heterocycles. The lowest BCUT2D eigenvalue weighted by Crippen LogP contribution is -2.36. The van der Waals surface area contributed by atoms with Crippen LogP contribution in [-0.2, 0) is 12.8 Å². The molecule has 2 unspecified atom stereocenters. The number of benzene rings is 2. The van der Waals surface area contributed by atoms with Crippen molar-refractivity contribution in [3.8, 4) is 0 Å². The second kappa shape index (κ2) is 4.69. The molecular weight excluding hydrogens is 250 g/mol. The molecule has 4 rings (SSSR count). The van der Waals surface area contributed by atoms with Crippen molar-refractivity contribution >= 4 is 11.8 Å². The molecule has 0 amide bonds. The van der Waals surface area contributed by atoms with Crippen LogP contribution in [0.15, 0.2) is 53.4 Å². The van der Waals surface area contributed by atoms with Gasteiger partial charge in [0.25, 0.3) is 0 Å². The monoisotopic (exact) mass is 267 g/mol. The van der Waals surface area contributed by atoms with Crippen LogP contribution >= 0.6 is 11.8 Å². The zero-order valence-corrected chi connectivity index (χ0v) is 11.6. The summed E-state index contributed by atoms with van der Waals surface area (Å²) in [6, 6.07) is 18.3. The van der Waals surface area contributed by atoms with E-state index in [9.17, 15) is 0 Å². The lowest BCUT2D eigenvalue weighted by atomic mass is 9.90. The fourth-order valence-corrected chi connectivity index (χ4v) is 4.69. The van der Waals surface area contributed by atoms with E-state index >= 15 is 0 Å². The van der Waals surface area contributed by atoms with Gasteiger partial charge in [-0.3, -0.25) is 0 Å². The van der Waals surface area contributed by atoms with Gasteiger partial charge in [-0.1, -0.05) is 42.5 Å². The van der Waals surface area contributed by atoms with Gasteiger partial charge in [0.05, 0.1) is 0 Å². The fourth-order valence-electron chi connectivity index (χ4n) is 3.26. The van der Waals surface area contributed by atoms with Gasteiger partial charge in [0.15, 0.2) is 0 Å². The minimum atomic E-state index is 0.502. The Morgan fingerprint density at radius 1 is 0.947 bits per heavy atom. The molecule has 2 atom stereocenters. The average Bonchev–Trinajstić information content (AvgIpc) is 2.90. The van der Waals surface area contributed by atoms with Gasteiger partial charge in [-0.2, -0.15) is 0 Å². The molecule has 0 radical (unpaired) electrons. The molecular formula is C17H17NS. The van der Waals surface area contributed by atoms with Gasteiger partial charge in [-0.05, 0) is 42.1 Å². The molecule has 2 heterocycles. The Balaban J connectivity index is 1.66. The van der Waals surface area contributed by atoms with Crippen LogP contribution in [0, 0.1) is 0 Å². The molecule has 0 bridgehead atoms. The first-order valence-corrected chi connectivity index (χ1v) is 7.85. The lowest BCUT2D eigenvalue weighted by molar-refractivity contribution is 0.489. The van der Waals surface area contributed by atoms with E-state index in [1.54, 1.807) is 0 Å². The highest BCUT2D eigenvalue weighted by Crippen LogP contribution is 2.43. The standard InChI is InChI=1S/C17H17NS/c1-3-7-14-12(5-1)9-10-18-17(14)16-11-13-6-2-4-8-15(13)19-16/h1-8,16-18H,9-11H2. The fraction of sp³-hybridized carbons (Fsp3) is 0.294. The molecule has 2 aliphatic rings. The molecule has 1 N–H and O–H groups in total. The molecule has 2 aromatic rings. The lowest BCUT2D eigenvalue weighted by Gasteiger charge is -2.30. The topological polar surface area (TPSA) is 12.0 Å². The Morgan fingerprint density at radius 3 is 2.63 bits per heavy atom. The summed E-state index contributed by atoms with van der Waals surface area (Å²) in [6.45, 7) is 1.11. The summed E-state index contributed by atoms with van der Waals surface area (Å²) in [4.78, 5) is 1.47. The normalized spacial score (nSPS) is 24.8.